The van der Waals surface area contributed by atoms with E-state index >= 15 is 0 Å². The Morgan fingerprint density at radius 1 is 1.00 bits per heavy atom. The second-order valence-corrected chi connectivity index (χ2v) is 2.54. The molecular weight excluding hydrogens is 116 g/mol. The first-order chi connectivity index (χ1) is 2.50. The van der Waals surface area contributed by atoms with Crippen LogP contribution in [0.5, 0.6) is 0 Å². The molecule has 0 unspecified atom stereocenters. The average molecular weight is 124 g/mol. The lowest BCUT2D eigenvalue weighted by Crippen LogP contribution is -3.00. The fourth-order valence-corrected chi connectivity index (χ4v) is 1.53. The fraction of sp³-hybridized carbons (Fsp3) is 1.00. The summed E-state index contributed by atoms with van der Waals surface area (Å²) >= 11 is 2.07. The maximum atomic E-state index is 2.07. The van der Waals surface area contributed by atoms with Crippen molar-refractivity contribution in [2.75, 3.05) is 11.5 Å². The van der Waals surface area contributed by atoms with Gasteiger partial charge in [-0.05, 0) is 24.3 Å². The molecule has 0 aromatic heterocycles. The van der Waals surface area contributed by atoms with Crippen LogP contribution in [0.2, 0.25) is 0 Å². The number of hydrogen-bond acceptors (Lipinski definition) is 1. The molecule has 0 bridgehead atoms. The molecular formula is C4H8ClS-. The third-order valence-corrected chi connectivity index (χ3v) is 1.98. The zero-order chi connectivity index (χ0) is 3.54. The molecule has 1 fully saturated rings. The van der Waals surface area contributed by atoms with E-state index in [9.17, 15) is 0 Å². The SMILES string of the molecule is C1CCSC1.[Cl-]. The molecule has 0 aliphatic carbocycles. The third kappa shape index (κ3) is 1.93. The van der Waals surface area contributed by atoms with Crippen LogP contribution in [0.4, 0.5) is 0 Å². The lowest BCUT2D eigenvalue weighted by molar-refractivity contribution is -0.00000101. The summed E-state index contributed by atoms with van der Waals surface area (Å²) in [6.07, 6.45) is 2.93. The lowest BCUT2D eigenvalue weighted by Gasteiger charge is -1.69. The highest BCUT2D eigenvalue weighted by Crippen LogP contribution is 2.14. The van der Waals surface area contributed by atoms with Crippen LogP contribution in [0.3, 0.4) is 0 Å². The predicted molar refractivity (Wildman–Crippen MR) is 26.6 cm³/mol. The molecule has 0 atom stereocenters. The Morgan fingerprint density at radius 2 is 1.50 bits per heavy atom. The summed E-state index contributed by atoms with van der Waals surface area (Å²) in [6, 6.07) is 0. The van der Waals surface area contributed by atoms with Gasteiger partial charge >= 0.3 is 0 Å². The van der Waals surface area contributed by atoms with E-state index in [1.165, 1.54) is 24.3 Å². The summed E-state index contributed by atoms with van der Waals surface area (Å²) in [5.74, 6) is 2.83. The van der Waals surface area contributed by atoms with Crippen LogP contribution >= 0.6 is 11.8 Å². The Hall–Kier alpha value is 0.640. The molecule has 0 N–H and O–H groups in total. The fourth-order valence-electron chi connectivity index (χ4n) is 0.510. The second kappa shape index (κ2) is 3.82. The van der Waals surface area contributed by atoms with Crippen LogP contribution in [0.1, 0.15) is 12.8 Å². The molecule has 2 heteroatoms. The molecule has 0 aromatic carbocycles. The highest BCUT2D eigenvalue weighted by atomic mass is 35.5. The predicted octanol–water partition coefficient (Wildman–Crippen LogP) is -1.48. The van der Waals surface area contributed by atoms with Crippen molar-refractivity contribution in [3.05, 3.63) is 0 Å². The van der Waals surface area contributed by atoms with E-state index < -0.39 is 0 Å². The van der Waals surface area contributed by atoms with Gasteiger partial charge in [0.2, 0.25) is 0 Å². The van der Waals surface area contributed by atoms with Gasteiger partial charge in [-0.15, -0.1) is 0 Å². The van der Waals surface area contributed by atoms with Crippen molar-refractivity contribution in [1.29, 1.82) is 0 Å². The minimum atomic E-state index is 0. The van der Waals surface area contributed by atoms with Gasteiger partial charge in [0.25, 0.3) is 0 Å². The van der Waals surface area contributed by atoms with E-state index in [2.05, 4.69) is 11.8 Å². The van der Waals surface area contributed by atoms with Gasteiger partial charge in [-0.2, -0.15) is 11.8 Å². The van der Waals surface area contributed by atoms with Gasteiger partial charge in [0.1, 0.15) is 0 Å². The third-order valence-electron chi connectivity index (χ3n) is 0.827. The van der Waals surface area contributed by atoms with Gasteiger partial charge in [-0.3, -0.25) is 0 Å². The molecule has 0 radical (unpaired) electrons. The molecule has 0 nitrogen and oxygen atoms in total. The monoisotopic (exact) mass is 123 g/mol. The van der Waals surface area contributed by atoms with Crippen LogP contribution in [-0.4, -0.2) is 11.5 Å². The van der Waals surface area contributed by atoms with Crippen LogP contribution in [0.25, 0.3) is 0 Å². The summed E-state index contributed by atoms with van der Waals surface area (Å²) in [7, 11) is 0. The molecule has 1 rings (SSSR count). The molecule has 1 heterocycles. The summed E-state index contributed by atoms with van der Waals surface area (Å²) in [4.78, 5) is 0. The Morgan fingerprint density at radius 3 is 1.67 bits per heavy atom. The van der Waals surface area contributed by atoms with Crippen LogP contribution < -0.4 is 12.4 Å². The second-order valence-electron chi connectivity index (χ2n) is 1.32. The summed E-state index contributed by atoms with van der Waals surface area (Å²) in [5, 5.41) is 0. The summed E-state index contributed by atoms with van der Waals surface area (Å²) in [6.45, 7) is 0. The van der Waals surface area contributed by atoms with Gasteiger partial charge in [0, 0.05) is 0 Å². The van der Waals surface area contributed by atoms with E-state index in [1.807, 2.05) is 0 Å². The zero-order valence-corrected chi connectivity index (χ0v) is 5.19. The summed E-state index contributed by atoms with van der Waals surface area (Å²) in [5.41, 5.74) is 0. The van der Waals surface area contributed by atoms with Crippen LogP contribution in [0, 0.1) is 0 Å². The first kappa shape index (κ1) is 6.64. The molecule has 0 saturated carbocycles. The van der Waals surface area contributed by atoms with Gasteiger partial charge in [0.15, 0.2) is 0 Å². The molecule has 0 aromatic rings. The quantitative estimate of drug-likeness (QED) is 0.379. The van der Waals surface area contributed by atoms with E-state index in [1.54, 1.807) is 0 Å². The average Bonchev–Trinajstić information content (AvgIpc) is 1.76. The Kier molecular flexibility index (Phi) is 4.22. The number of hydrogen-bond donors (Lipinski definition) is 0. The van der Waals surface area contributed by atoms with Crippen molar-refractivity contribution < 1.29 is 12.4 Å². The van der Waals surface area contributed by atoms with Crippen molar-refractivity contribution >= 4 is 11.8 Å². The van der Waals surface area contributed by atoms with Crippen LogP contribution in [0.15, 0.2) is 0 Å². The molecule has 38 valence electrons. The smallest absolute Gasteiger partial charge is 0.00672 e. The zero-order valence-electron chi connectivity index (χ0n) is 3.61. The molecule has 1 aliphatic heterocycles. The van der Waals surface area contributed by atoms with Gasteiger partial charge in [-0.1, -0.05) is 0 Å². The van der Waals surface area contributed by atoms with Gasteiger partial charge in [-0.25, -0.2) is 0 Å². The van der Waals surface area contributed by atoms with Crippen molar-refractivity contribution in [3.8, 4) is 0 Å². The van der Waals surface area contributed by atoms with E-state index in [0.717, 1.165) is 0 Å². The molecule has 1 aliphatic rings. The van der Waals surface area contributed by atoms with E-state index in [4.69, 9.17) is 0 Å². The highest BCUT2D eigenvalue weighted by molar-refractivity contribution is 7.99. The lowest BCUT2D eigenvalue weighted by atomic mass is 10.4. The number of rotatable bonds is 0. The highest BCUT2D eigenvalue weighted by Gasteiger charge is 1.95. The van der Waals surface area contributed by atoms with Crippen molar-refractivity contribution in [1.82, 2.24) is 0 Å². The standard InChI is InChI=1S/C4H8S.ClH/c1-2-4-5-3-1;/h1-4H2;1H/p-1. The van der Waals surface area contributed by atoms with Crippen molar-refractivity contribution in [2.45, 2.75) is 12.8 Å². The molecule has 1 saturated heterocycles. The maximum Gasteiger partial charge on any atom is -0.00672 e. The van der Waals surface area contributed by atoms with E-state index in [0.29, 0.717) is 0 Å². The molecule has 0 amide bonds. The van der Waals surface area contributed by atoms with Crippen LogP contribution in [-0.2, 0) is 0 Å². The first-order valence-corrected chi connectivity index (χ1v) is 3.23. The summed E-state index contributed by atoms with van der Waals surface area (Å²) < 4.78 is 0. The maximum absolute atomic E-state index is 2.07. The van der Waals surface area contributed by atoms with Crippen molar-refractivity contribution in [3.63, 3.8) is 0 Å². The largest absolute Gasteiger partial charge is 1.00 e. The topological polar surface area (TPSA) is 0 Å². The Balaban J connectivity index is 0.000000250. The van der Waals surface area contributed by atoms with Gasteiger partial charge < -0.3 is 12.4 Å². The number of thioether (sulfide) groups is 1. The minimum absolute atomic E-state index is 0. The Labute approximate surface area is 49.1 Å². The minimum Gasteiger partial charge on any atom is -1.00 e. The normalized spacial score (nSPS) is 20.0. The number of halogens is 1. The molecule has 0 spiro atoms. The molecule has 6 heavy (non-hydrogen) atoms. The Bertz CT molecular complexity index is 19.1. The van der Waals surface area contributed by atoms with Crippen molar-refractivity contribution in [2.24, 2.45) is 0 Å². The van der Waals surface area contributed by atoms with Gasteiger partial charge in [0.05, 0.1) is 0 Å². The van der Waals surface area contributed by atoms with E-state index in [-0.39, 0.29) is 12.4 Å². The first-order valence-electron chi connectivity index (χ1n) is 2.08.